The largest absolute Gasteiger partial charge is 0.396 e. The molecule has 1 saturated carbocycles. The lowest BCUT2D eigenvalue weighted by Crippen LogP contribution is -2.39. The summed E-state index contributed by atoms with van der Waals surface area (Å²) in [5.41, 5.74) is 0. The van der Waals surface area contributed by atoms with E-state index in [9.17, 15) is 4.79 Å². The van der Waals surface area contributed by atoms with E-state index in [1.807, 2.05) is 0 Å². The summed E-state index contributed by atoms with van der Waals surface area (Å²) in [6.07, 6.45) is 7.03. The number of urea groups is 1. The summed E-state index contributed by atoms with van der Waals surface area (Å²) in [7, 11) is 0. The minimum atomic E-state index is -0.101. The zero-order valence-electron chi connectivity index (χ0n) is 10.9. The van der Waals surface area contributed by atoms with E-state index in [0.29, 0.717) is 18.9 Å². The van der Waals surface area contributed by atoms with Crippen molar-refractivity contribution in [3.63, 3.8) is 0 Å². The number of rotatable bonds is 6. The minimum Gasteiger partial charge on any atom is -0.396 e. The predicted octanol–water partition coefficient (Wildman–Crippen LogP) is 1.88. The molecule has 0 unspecified atom stereocenters. The van der Waals surface area contributed by atoms with Gasteiger partial charge in [0.15, 0.2) is 0 Å². The molecule has 0 heterocycles. The number of hydrogen-bond acceptors (Lipinski definition) is 2. The zero-order valence-corrected chi connectivity index (χ0v) is 10.9. The van der Waals surface area contributed by atoms with Crippen molar-refractivity contribution in [2.24, 2.45) is 11.8 Å². The first-order valence-corrected chi connectivity index (χ1v) is 6.88. The molecule has 0 radical (unpaired) electrons. The second-order valence-electron chi connectivity index (χ2n) is 5.01. The SMILES string of the molecule is CCC1CCC(CNC(=O)NCCCO)CC1. The molecule has 0 aliphatic heterocycles. The summed E-state index contributed by atoms with van der Waals surface area (Å²) in [5, 5.41) is 14.2. The lowest BCUT2D eigenvalue weighted by Gasteiger charge is -2.27. The van der Waals surface area contributed by atoms with Crippen molar-refractivity contribution in [1.82, 2.24) is 10.6 Å². The molecule has 0 aromatic heterocycles. The first-order chi connectivity index (χ1) is 8.26. The Morgan fingerprint density at radius 1 is 1.18 bits per heavy atom. The third-order valence-corrected chi connectivity index (χ3v) is 3.72. The van der Waals surface area contributed by atoms with Gasteiger partial charge in [-0.1, -0.05) is 26.2 Å². The van der Waals surface area contributed by atoms with E-state index in [4.69, 9.17) is 5.11 Å². The van der Waals surface area contributed by atoms with Crippen LogP contribution in [0.2, 0.25) is 0 Å². The molecule has 0 aromatic carbocycles. The Labute approximate surface area is 104 Å². The van der Waals surface area contributed by atoms with Crippen LogP contribution in [0.15, 0.2) is 0 Å². The van der Waals surface area contributed by atoms with E-state index in [-0.39, 0.29) is 12.6 Å². The molecular formula is C13H26N2O2. The number of hydrogen-bond donors (Lipinski definition) is 3. The summed E-state index contributed by atoms with van der Waals surface area (Å²) in [6.45, 7) is 3.73. The molecular weight excluding hydrogens is 216 g/mol. The lowest BCUT2D eigenvalue weighted by atomic mass is 9.81. The molecule has 1 fully saturated rings. The van der Waals surface area contributed by atoms with Crippen LogP contribution in [-0.4, -0.2) is 30.8 Å². The highest BCUT2D eigenvalue weighted by molar-refractivity contribution is 5.73. The van der Waals surface area contributed by atoms with Gasteiger partial charge in [-0.2, -0.15) is 0 Å². The molecule has 0 saturated heterocycles. The van der Waals surface area contributed by atoms with Crippen molar-refractivity contribution in [2.45, 2.75) is 45.4 Å². The third-order valence-electron chi connectivity index (χ3n) is 3.72. The van der Waals surface area contributed by atoms with Crippen LogP contribution in [0.5, 0.6) is 0 Å². The average molecular weight is 242 g/mol. The number of carbonyl (C=O) groups is 1. The Morgan fingerprint density at radius 3 is 2.41 bits per heavy atom. The van der Waals surface area contributed by atoms with Crippen LogP contribution in [0.25, 0.3) is 0 Å². The highest BCUT2D eigenvalue weighted by Crippen LogP contribution is 2.29. The fourth-order valence-corrected chi connectivity index (χ4v) is 2.42. The molecule has 0 spiro atoms. The van der Waals surface area contributed by atoms with Gasteiger partial charge >= 0.3 is 6.03 Å². The molecule has 1 aliphatic carbocycles. The maximum atomic E-state index is 11.4. The van der Waals surface area contributed by atoms with E-state index >= 15 is 0 Å². The highest BCUT2D eigenvalue weighted by Gasteiger charge is 2.20. The fourth-order valence-electron chi connectivity index (χ4n) is 2.42. The number of carbonyl (C=O) groups excluding carboxylic acids is 1. The Hall–Kier alpha value is -0.770. The molecule has 0 atom stereocenters. The topological polar surface area (TPSA) is 61.4 Å². The lowest BCUT2D eigenvalue weighted by molar-refractivity contribution is 0.228. The fraction of sp³-hybridized carbons (Fsp3) is 0.923. The van der Waals surface area contributed by atoms with E-state index < -0.39 is 0 Å². The van der Waals surface area contributed by atoms with Gasteiger partial charge in [-0.3, -0.25) is 0 Å². The molecule has 2 amide bonds. The second kappa shape index (κ2) is 8.34. The van der Waals surface area contributed by atoms with Gasteiger partial charge in [-0.25, -0.2) is 4.79 Å². The van der Waals surface area contributed by atoms with Gasteiger partial charge in [0.05, 0.1) is 0 Å². The summed E-state index contributed by atoms with van der Waals surface area (Å²) in [5.74, 6) is 1.56. The van der Waals surface area contributed by atoms with E-state index in [1.54, 1.807) is 0 Å². The van der Waals surface area contributed by atoms with E-state index in [2.05, 4.69) is 17.6 Å². The summed E-state index contributed by atoms with van der Waals surface area (Å²) >= 11 is 0. The smallest absolute Gasteiger partial charge is 0.314 e. The van der Waals surface area contributed by atoms with Gasteiger partial charge in [0.1, 0.15) is 0 Å². The van der Waals surface area contributed by atoms with Crippen molar-refractivity contribution in [3.8, 4) is 0 Å². The standard InChI is InChI=1S/C13H26N2O2/c1-2-11-4-6-12(7-5-11)10-15-13(17)14-8-3-9-16/h11-12,16H,2-10H2,1H3,(H2,14,15,17). The van der Waals surface area contributed by atoms with E-state index in [1.165, 1.54) is 32.1 Å². The van der Waals surface area contributed by atoms with Crippen LogP contribution in [0.3, 0.4) is 0 Å². The molecule has 100 valence electrons. The zero-order chi connectivity index (χ0) is 12.5. The van der Waals surface area contributed by atoms with Crippen LogP contribution < -0.4 is 10.6 Å². The Balaban J connectivity index is 2.04. The summed E-state index contributed by atoms with van der Waals surface area (Å²) in [6, 6.07) is -0.101. The van der Waals surface area contributed by atoms with Crippen molar-refractivity contribution < 1.29 is 9.90 Å². The third kappa shape index (κ3) is 5.91. The first-order valence-electron chi connectivity index (χ1n) is 6.88. The van der Waals surface area contributed by atoms with Gasteiger partial charge in [-0.05, 0) is 31.1 Å². The van der Waals surface area contributed by atoms with Crippen molar-refractivity contribution in [2.75, 3.05) is 19.7 Å². The van der Waals surface area contributed by atoms with Crippen molar-refractivity contribution >= 4 is 6.03 Å². The quantitative estimate of drug-likeness (QED) is 0.623. The monoisotopic (exact) mass is 242 g/mol. The maximum Gasteiger partial charge on any atom is 0.314 e. The molecule has 3 N–H and O–H groups in total. The van der Waals surface area contributed by atoms with Gasteiger partial charge in [0.25, 0.3) is 0 Å². The number of aliphatic hydroxyl groups is 1. The first kappa shape index (κ1) is 14.3. The number of aliphatic hydroxyl groups excluding tert-OH is 1. The van der Waals surface area contributed by atoms with E-state index in [0.717, 1.165) is 12.5 Å². The number of amides is 2. The van der Waals surface area contributed by atoms with Crippen molar-refractivity contribution in [1.29, 1.82) is 0 Å². The average Bonchev–Trinajstić information content (AvgIpc) is 2.37. The minimum absolute atomic E-state index is 0.101. The molecule has 4 nitrogen and oxygen atoms in total. The second-order valence-corrected chi connectivity index (χ2v) is 5.01. The Bertz CT molecular complexity index is 213. The van der Waals surface area contributed by atoms with Crippen LogP contribution in [0.1, 0.15) is 45.4 Å². The Kier molecular flexibility index (Phi) is 7.01. The predicted molar refractivity (Wildman–Crippen MR) is 68.8 cm³/mol. The Morgan fingerprint density at radius 2 is 1.82 bits per heavy atom. The molecule has 0 aromatic rings. The van der Waals surface area contributed by atoms with Crippen LogP contribution in [0, 0.1) is 11.8 Å². The summed E-state index contributed by atoms with van der Waals surface area (Å²) in [4.78, 5) is 11.4. The normalized spacial score (nSPS) is 24.4. The highest BCUT2D eigenvalue weighted by atomic mass is 16.3. The van der Waals surface area contributed by atoms with Gasteiger partial charge in [0.2, 0.25) is 0 Å². The summed E-state index contributed by atoms with van der Waals surface area (Å²) < 4.78 is 0. The molecule has 0 bridgehead atoms. The molecule has 1 aliphatic rings. The van der Waals surface area contributed by atoms with Crippen LogP contribution in [0.4, 0.5) is 4.79 Å². The van der Waals surface area contributed by atoms with Crippen LogP contribution in [-0.2, 0) is 0 Å². The maximum absolute atomic E-state index is 11.4. The number of nitrogens with one attached hydrogen (secondary N) is 2. The van der Waals surface area contributed by atoms with Gasteiger partial charge in [-0.15, -0.1) is 0 Å². The molecule has 4 heteroatoms. The molecule has 1 rings (SSSR count). The van der Waals surface area contributed by atoms with Crippen LogP contribution >= 0.6 is 0 Å². The van der Waals surface area contributed by atoms with Gasteiger partial charge < -0.3 is 15.7 Å². The van der Waals surface area contributed by atoms with Crippen molar-refractivity contribution in [3.05, 3.63) is 0 Å². The van der Waals surface area contributed by atoms with Gasteiger partial charge in [0, 0.05) is 19.7 Å². The molecule has 17 heavy (non-hydrogen) atoms.